The summed E-state index contributed by atoms with van der Waals surface area (Å²) in [4.78, 5) is 4.18. The Balaban J connectivity index is 1.83. The molecule has 2 aromatic heterocycles. The minimum absolute atomic E-state index is 0.319. The molecule has 0 radical (unpaired) electrons. The third-order valence-electron chi connectivity index (χ3n) is 2.50. The molecule has 0 saturated carbocycles. The van der Waals surface area contributed by atoms with Crippen LogP contribution in [0.2, 0.25) is 0 Å². The third-order valence-corrected chi connectivity index (χ3v) is 2.50. The number of rotatable bonds is 3. The van der Waals surface area contributed by atoms with Crippen LogP contribution in [0.3, 0.4) is 0 Å². The molecule has 7 heteroatoms. The molecule has 96 valence electrons. The Kier molecular flexibility index (Phi) is 2.71. The molecule has 0 fully saturated rings. The van der Waals surface area contributed by atoms with Gasteiger partial charge in [-0.25, -0.2) is 4.39 Å². The van der Waals surface area contributed by atoms with E-state index in [0.29, 0.717) is 29.5 Å². The molecule has 0 saturated heterocycles. The molecule has 0 amide bonds. The maximum Gasteiger partial charge on any atom is 0.248 e. The molecule has 1 aromatic carbocycles. The van der Waals surface area contributed by atoms with Crippen molar-refractivity contribution < 1.29 is 8.91 Å². The summed E-state index contributed by atoms with van der Waals surface area (Å²) in [5, 5.41) is 7.82. The molecule has 2 N–H and O–H groups in total. The highest BCUT2D eigenvalue weighted by Gasteiger charge is 2.10. The topological polar surface area (TPSA) is 82.8 Å². The second kappa shape index (κ2) is 4.52. The van der Waals surface area contributed by atoms with E-state index in [2.05, 4.69) is 15.2 Å². The van der Waals surface area contributed by atoms with Crippen LogP contribution < -0.4 is 5.73 Å². The Hall–Kier alpha value is -2.70. The quantitative estimate of drug-likeness (QED) is 0.774. The highest BCUT2D eigenvalue weighted by molar-refractivity contribution is 5.53. The van der Waals surface area contributed by atoms with Crippen molar-refractivity contribution in [3.8, 4) is 11.4 Å². The van der Waals surface area contributed by atoms with Gasteiger partial charge in [0, 0.05) is 11.8 Å². The van der Waals surface area contributed by atoms with Crippen molar-refractivity contribution in [3.05, 3.63) is 48.4 Å². The molecule has 0 bridgehead atoms. The van der Waals surface area contributed by atoms with E-state index in [1.54, 1.807) is 23.0 Å². The van der Waals surface area contributed by atoms with Gasteiger partial charge in [0.25, 0.3) is 0 Å². The van der Waals surface area contributed by atoms with Gasteiger partial charge < -0.3 is 10.3 Å². The van der Waals surface area contributed by atoms with Gasteiger partial charge in [0.05, 0.1) is 11.9 Å². The Labute approximate surface area is 107 Å². The predicted octanol–water partition coefficient (Wildman–Crippen LogP) is 1.70. The molecule has 0 aliphatic rings. The van der Waals surface area contributed by atoms with Gasteiger partial charge in [0.15, 0.2) is 0 Å². The Morgan fingerprint density at radius 1 is 1.37 bits per heavy atom. The minimum Gasteiger partial charge on any atom is -0.396 e. The lowest BCUT2D eigenvalue weighted by molar-refractivity contribution is 0.366. The van der Waals surface area contributed by atoms with E-state index in [9.17, 15) is 4.39 Å². The number of nitrogens with two attached hydrogens (primary N) is 1. The maximum absolute atomic E-state index is 13.1. The van der Waals surface area contributed by atoms with Crippen molar-refractivity contribution in [3.63, 3.8) is 0 Å². The van der Waals surface area contributed by atoms with Gasteiger partial charge in [0.2, 0.25) is 11.7 Å². The summed E-state index contributed by atoms with van der Waals surface area (Å²) in [5.74, 6) is 0.376. The fourth-order valence-electron chi connectivity index (χ4n) is 1.67. The summed E-state index contributed by atoms with van der Waals surface area (Å²) in [6.45, 7) is 0.319. The second-order valence-corrected chi connectivity index (χ2v) is 3.99. The normalized spacial score (nSPS) is 10.8. The summed E-state index contributed by atoms with van der Waals surface area (Å²) < 4.78 is 19.8. The van der Waals surface area contributed by atoms with Crippen LogP contribution in [0.1, 0.15) is 5.89 Å². The number of hydrogen-bond acceptors (Lipinski definition) is 5. The van der Waals surface area contributed by atoms with Crippen molar-refractivity contribution in [2.75, 3.05) is 5.73 Å². The Morgan fingerprint density at radius 3 is 3.00 bits per heavy atom. The van der Waals surface area contributed by atoms with Crippen LogP contribution in [-0.4, -0.2) is 19.9 Å². The fraction of sp³-hybridized carbons (Fsp3) is 0.0833. The summed E-state index contributed by atoms with van der Waals surface area (Å²) in [6, 6.07) is 6.01. The van der Waals surface area contributed by atoms with Crippen molar-refractivity contribution >= 4 is 5.69 Å². The van der Waals surface area contributed by atoms with Gasteiger partial charge >= 0.3 is 0 Å². The van der Waals surface area contributed by atoms with Crippen LogP contribution in [0, 0.1) is 5.82 Å². The highest BCUT2D eigenvalue weighted by Crippen LogP contribution is 2.17. The molecule has 3 aromatic rings. The first kappa shape index (κ1) is 11.4. The molecule has 19 heavy (non-hydrogen) atoms. The minimum atomic E-state index is -0.344. The molecule has 0 atom stereocenters. The predicted molar refractivity (Wildman–Crippen MR) is 65.4 cm³/mol. The number of anilines is 1. The van der Waals surface area contributed by atoms with Crippen LogP contribution in [0.5, 0.6) is 0 Å². The zero-order valence-electron chi connectivity index (χ0n) is 9.82. The summed E-state index contributed by atoms with van der Waals surface area (Å²) >= 11 is 0. The van der Waals surface area contributed by atoms with E-state index in [4.69, 9.17) is 10.3 Å². The SMILES string of the molecule is Nc1cnn(Cc2nc(-c3cccc(F)c3)no2)c1. The zero-order chi connectivity index (χ0) is 13.2. The number of benzene rings is 1. The smallest absolute Gasteiger partial charge is 0.248 e. The largest absolute Gasteiger partial charge is 0.396 e. The molecular formula is C12H10FN5O. The first-order valence-electron chi connectivity index (χ1n) is 5.57. The molecule has 0 spiro atoms. The number of halogens is 1. The number of nitrogen functional groups attached to an aromatic ring is 1. The lowest BCUT2D eigenvalue weighted by Gasteiger charge is -1.94. The molecule has 0 aliphatic heterocycles. The van der Waals surface area contributed by atoms with E-state index in [-0.39, 0.29) is 5.82 Å². The molecule has 3 rings (SSSR count). The maximum atomic E-state index is 13.1. The summed E-state index contributed by atoms with van der Waals surface area (Å²) in [6.07, 6.45) is 3.19. The van der Waals surface area contributed by atoms with Crippen molar-refractivity contribution in [2.24, 2.45) is 0 Å². The van der Waals surface area contributed by atoms with Crippen LogP contribution in [-0.2, 0) is 6.54 Å². The molecule has 2 heterocycles. The third kappa shape index (κ3) is 2.44. The van der Waals surface area contributed by atoms with Crippen molar-refractivity contribution in [1.82, 2.24) is 19.9 Å². The number of nitrogens with zero attached hydrogens (tertiary/aromatic N) is 4. The Bertz CT molecular complexity index is 705. The van der Waals surface area contributed by atoms with E-state index in [0.717, 1.165) is 0 Å². The molecule has 6 nitrogen and oxygen atoms in total. The van der Waals surface area contributed by atoms with E-state index in [1.165, 1.54) is 18.3 Å². The van der Waals surface area contributed by atoms with Gasteiger partial charge in [-0.1, -0.05) is 17.3 Å². The highest BCUT2D eigenvalue weighted by atomic mass is 19.1. The second-order valence-electron chi connectivity index (χ2n) is 3.99. The van der Waals surface area contributed by atoms with Crippen molar-refractivity contribution in [1.29, 1.82) is 0 Å². The van der Waals surface area contributed by atoms with Gasteiger partial charge in [-0.2, -0.15) is 10.1 Å². The number of hydrogen-bond donors (Lipinski definition) is 1. The van der Waals surface area contributed by atoms with Crippen LogP contribution in [0.25, 0.3) is 11.4 Å². The van der Waals surface area contributed by atoms with Crippen LogP contribution >= 0.6 is 0 Å². The summed E-state index contributed by atoms with van der Waals surface area (Å²) in [5.41, 5.74) is 6.68. The fourth-order valence-corrected chi connectivity index (χ4v) is 1.67. The Morgan fingerprint density at radius 2 is 2.26 bits per heavy atom. The van der Waals surface area contributed by atoms with E-state index in [1.807, 2.05) is 0 Å². The van der Waals surface area contributed by atoms with E-state index >= 15 is 0 Å². The average molecular weight is 259 g/mol. The lowest BCUT2D eigenvalue weighted by Crippen LogP contribution is -2.00. The first-order chi connectivity index (χ1) is 9.20. The van der Waals surface area contributed by atoms with Crippen LogP contribution in [0.4, 0.5) is 10.1 Å². The van der Waals surface area contributed by atoms with Gasteiger partial charge in [-0.15, -0.1) is 0 Å². The monoisotopic (exact) mass is 259 g/mol. The zero-order valence-corrected chi connectivity index (χ0v) is 9.82. The van der Waals surface area contributed by atoms with Gasteiger partial charge in [0.1, 0.15) is 12.4 Å². The first-order valence-corrected chi connectivity index (χ1v) is 5.57. The van der Waals surface area contributed by atoms with Crippen LogP contribution in [0.15, 0.2) is 41.2 Å². The number of aromatic nitrogens is 4. The van der Waals surface area contributed by atoms with E-state index < -0.39 is 0 Å². The van der Waals surface area contributed by atoms with Gasteiger partial charge in [-0.05, 0) is 12.1 Å². The average Bonchev–Trinajstić information content (AvgIpc) is 2.99. The van der Waals surface area contributed by atoms with Crippen molar-refractivity contribution in [2.45, 2.75) is 6.54 Å². The standard InChI is InChI=1S/C12H10FN5O/c13-9-3-1-2-8(4-9)12-16-11(19-17-12)7-18-6-10(14)5-15-18/h1-6H,7,14H2. The lowest BCUT2D eigenvalue weighted by atomic mass is 10.2. The van der Waals surface area contributed by atoms with Gasteiger partial charge in [-0.3, -0.25) is 4.68 Å². The molecule has 0 aliphatic carbocycles. The summed E-state index contributed by atoms with van der Waals surface area (Å²) in [7, 11) is 0. The molecular weight excluding hydrogens is 249 g/mol. The molecule has 0 unspecified atom stereocenters.